The van der Waals surface area contributed by atoms with Crippen LogP contribution in [-0.2, 0) is 0 Å². The van der Waals surface area contributed by atoms with E-state index < -0.39 is 0 Å². The molecule has 2 aliphatic heterocycles. The summed E-state index contributed by atoms with van der Waals surface area (Å²) in [6.45, 7) is 9.98. The minimum absolute atomic E-state index is 0.135. The third kappa shape index (κ3) is 11.2. The SMILES string of the molecule is CCCCCCCCC(CCCCCCCC)n1c2cc(-c3cc4c(s3)C(=O)N(CCCCCCCC)C4=O)sc2c2sc(-c3cc4c(s3)C(=O)N(CCCCCCCC)C4=O)cc21. The topological polar surface area (TPSA) is 79.7 Å². The van der Waals surface area contributed by atoms with Gasteiger partial charge in [0.15, 0.2) is 0 Å². The maximum Gasteiger partial charge on any atom is 0.271 e. The fraction of sp³-hybridized carbons (Fsp3) is 0.623. The van der Waals surface area contributed by atoms with Crippen molar-refractivity contribution in [1.82, 2.24) is 14.4 Å². The molecule has 0 spiro atoms. The first-order valence-corrected chi connectivity index (χ1v) is 28.7. The van der Waals surface area contributed by atoms with E-state index in [1.807, 2.05) is 12.1 Å². The smallest absolute Gasteiger partial charge is 0.271 e. The van der Waals surface area contributed by atoms with Gasteiger partial charge in [0, 0.05) is 38.6 Å². The number of thiophene rings is 4. The Labute approximate surface area is 399 Å². The van der Waals surface area contributed by atoms with Crippen LogP contribution in [-0.4, -0.2) is 51.1 Å². The van der Waals surface area contributed by atoms with Crippen molar-refractivity contribution in [2.45, 2.75) is 201 Å². The number of unbranched alkanes of at least 4 members (excludes halogenated alkanes) is 20. The van der Waals surface area contributed by atoms with Crippen molar-refractivity contribution in [3.8, 4) is 19.5 Å². The van der Waals surface area contributed by atoms with Gasteiger partial charge >= 0.3 is 0 Å². The number of imide groups is 2. The number of fused-ring (bicyclic) bond motifs is 5. The summed E-state index contributed by atoms with van der Waals surface area (Å²) >= 11 is 6.51. The van der Waals surface area contributed by atoms with Crippen LogP contribution in [0.4, 0.5) is 0 Å². The molecule has 0 unspecified atom stereocenters. The summed E-state index contributed by atoms with van der Waals surface area (Å²) in [6.07, 6.45) is 30.8. The average Bonchev–Trinajstić information content (AvgIpc) is 4.16. The van der Waals surface area contributed by atoms with Gasteiger partial charge in [0.2, 0.25) is 0 Å². The molecule has 2 aliphatic rings. The molecule has 0 saturated heterocycles. The van der Waals surface area contributed by atoms with Crippen LogP contribution in [0.3, 0.4) is 0 Å². The molecule has 0 fully saturated rings. The van der Waals surface area contributed by atoms with Crippen LogP contribution >= 0.6 is 45.3 Å². The molecule has 0 atom stereocenters. The van der Waals surface area contributed by atoms with Crippen LogP contribution in [0.15, 0.2) is 24.3 Å². The van der Waals surface area contributed by atoms with Crippen LogP contribution in [0, 0.1) is 0 Å². The maximum absolute atomic E-state index is 13.6. The van der Waals surface area contributed by atoms with Gasteiger partial charge in [0.05, 0.1) is 31.6 Å². The number of rotatable bonds is 31. The summed E-state index contributed by atoms with van der Waals surface area (Å²) < 4.78 is 5.13. The molecule has 4 amide bonds. The molecule has 0 radical (unpaired) electrons. The lowest BCUT2D eigenvalue weighted by Gasteiger charge is -2.21. The molecule has 7 nitrogen and oxygen atoms in total. The highest BCUT2D eigenvalue weighted by Crippen LogP contribution is 2.50. The largest absolute Gasteiger partial charge is 0.336 e. The van der Waals surface area contributed by atoms with Gasteiger partial charge in [-0.25, -0.2) is 0 Å². The van der Waals surface area contributed by atoms with Crippen molar-refractivity contribution in [2.24, 2.45) is 0 Å². The molecule has 0 saturated carbocycles. The van der Waals surface area contributed by atoms with Crippen LogP contribution in [0.25, 0.3) is 39.9 Å². The first-order chi connectivity index (χ1) is 31.3. The minimum atomic E-state index is -0.143. The molecule has 0 aromatic carbocycles. The summed E-state index contributed by atoms with van der Waals surface area (Å²) in [4.78, 5) is 62.8. The highest BCUT2D eigenvalue weighted by atomic mass is 32.1. The summed E-state index contributed by atoms with van der Waals surface area (Å²) in [5.41, 5.74) is 3.61. The zero-order valence-electron chi connectivity index (χ0n) is 39.3. The van der Waals surface area contributed by atoms with Gasteiger partial charge in [-0.15, -0.1) is 45.3 Å². The van der Waals surface area contributed by atoms with Gasteiger partial charge in [-0.1, -0.05) is 169 Å². The highest BCUT2D eigenvalue weighted by Gasteiger charge is 2.39. The second-order valence-corrected chi connectivity index (χ2v) is 22.8. The van der Waals surface area contributed by atoms with Crippen LogP contribution in [0.1, 0.15) is 241 Å². The predicted molar refractivity (Wildman–Crippen MR) is 274 cm³/mol. The Morgan fingerprint density at radius 3 is 1.08 bits per heavy atom. The van der Waals surface area contributed by atoms with Crippen molar-refractivity contribution < 1.29 is 19.2 Å². The Hall–Kier alpha value is -3.12. The number of hydrogen-bond donors (Lipinski definition) is 0. The number of nitrogens with zero attached hydrogens (tertiary/aromatic N) is 3. The van der Waals surface area contributed by atoms with Gasteiger partial charge in [-0.2, -0.15) is 0 Å². The third-order valence-corrected chi connectivity index (χ3v) is 18.6. The zero-order valence-corrected chi connectivity index (χ0v) is 42.6. The van der Waals surface area contributed by atoms with Crippen molar-refractivity contribution >= 4 is 89.4 Å². The maximum atomic E-state index is 13.6. The molecule has 7 rings (SSSR count). The van der Waals surface area contributed by atoms with Crippen molar-refractivity contribution in [3.63, 3.8) is 0 Å². The normalized spacial score (nSPS) is 14.0. The Kier molecular flexibility index (Phi) is 18.4. The Morgan fingerprint density at radius 2 is 0.719 bits per heavy atom. The quantitative estimate of drug-likeness (QED) is 0.0327. The van der Waals surface area contributed by atoms with E-state index in [2.05, 4.69) is 44.4 Å². The van der Waals surface area contributed by atoms with Crippen LogP contribution < -0.4 is 0 Å². The highest BCUT2D eigenvalue weighted by molar-refractivity contribution is 7.33. The van der Waals surface area contributed by atoms with E-state index >= 15 is 0 Å². The third-order valence-electron chi connectivity index (χ3n) is 13.5. The number of hydrogen-bond acceptors (Lipinski definition) is 8. The summed E-state index contributed by atoms with van der Waals surface area (Å²) in [5.74, 6) is -0.557. The molecule has 11 heteroatoms. The van der Waals surface area contributed by atoms with Gasteiger partial charge in [-0.3, -0.25) is 29.0 Å². The lowest BCUT2D eigenvalue weighted by Crippen LogP contribution is -2.30. The van der Waals surface area contributed by atoms with Gasteiger partial charge in [0.1, 0.15) is 9.75 Å². The molecule has 0 aliphatic carbocycles. The molecule has 7 heterocycles. The fourth-order valence-corrected chi connectivity index (χ4v) is 14.6. The monoisotopic (exact) mass is 943 g/mol. The van der Waals surface area contributed by atoms with E-state index in [0.717, 1.165) is 70.9 Å². The van der Waals surface area contributed by atoms with E-state index in [0.29, 0.717) is 40.0 Å². The average molecular weight is 944 g/mol. The first-order valence-electron chi connectivity index (χ1n) is 25.4. The molecule has 348 valence electrons. The second kappa shape index (κ2) is 24.1. The van der Waals surface area contributed by atoms with E-state index in [-0.39, 0.29) is 23.6 Å². The molecule has 64 heavy (non-hydrogen) atoms. The lowest BCUT2D eigenvalue weighted by atomic mass is 9.99. The van der Waals surface area contributed by atoms with E-state index in [9.17, 15) is 19.2 Å². The zero-order chi connectivity index (χ0) is 45.0. The number of amides is 4. The van der Waals surface area contributed by atoms with Gasteiger partial charge in [0.25, 0.3) is 23.6 Å². The van der Waals surface area contributed by atoms with Gasteiger partial charge < -0.3 is 4.57 Å². The fourth-order valence-electron chi connectivity index (χ4n) is 9.82. The second-order valence-electron chi connectivity index (χ2n) is 18.6. The van der Waals surface area contributed by atoms with Crippen LogP contribution in [0.5, 0.6) is 0 Å². The van der Waals surface area contributed by atoms with Crippen LogP contribution in [0.2, 0.25) is 0 Å². The molecular weight excluding hydrogens is 871 g/mol. The molecule has 5 aromatic rings. The minimum Gasteiger partial charge on any atom is -0.336 e. The summed E-state index contributed by atoms with van der Waals surface area (Å²) in [5, 5.41) is 0. The molecule has 0 N–H and O–H groups in total. The Morgan fingerprint density at radius 1 is 0.391 bits per heavy atom. The first kappa shape index (κ1) is 48.8. The lowest BCUT2D eigenvalue weighted by molar-refractivity contribution is 0.0637. The van der Waals surface area contributed by atoms with Gasteiger partial charge in [-0.05, 0) is 49.9 Å². The standard InChI is InChI=1S/C53H73N3O4S4/c1-5-9-13-17-21-25-29-37(30-26-22-18-14-10-6-2)56-40-35-44(42-33-38-46(61-42)52(59)54(50(38)57)31-27-23-19-15-11-7-3)63-48(40)49-41(56)36-45(64-49)43-34-39-47(62-43)53(60)55(51(39)58)32-28-24-20-16-12-8-4/h33-37H,5-32H2,1-4H3. The summed E-state index contributed by atoms with van der Waals surface area (Å²) in [6, 6.07) is 8.98. The Balaban J connectivity index is 1.18. The number of carbonyl (C=O) groups is 4. The van der Waals surface area contributed by atoms with E-state index in [1.165, 1.54) is 168 Å². The molecular formula is C53H73N3O4S4. The van der Waals surface area contributed by atoms with E-state index in [1.54, 1.807) is 22.7 Å². The summed E-state index contributed by atoms with van der Waals surface area (Å²) in [7, 11) is 0. The van der Waals surface area contributed by atoms with Crippen molar-refractivity contribution in [3.05, 3.63) is 45.1 Å². The number of carbonyl (C=O) groups excluding carboxylic acids is 4. The molecule has 0 bridgehead atoms. The van der Waals surface area contributed by atoms with Crippen molar-refractivity contribution in [2.75, 3.05) is 13.1 Å². The van der Waals surface area contributed by atoms with E-state index in [4.69, 9.17) is 0 Å². The van der Waals surface area contributed by atoms with Crippen molar-refractivity contribution in [1.29, 1.82) is 0 Å². The Bertz CT molecular complexity index is 2110. The molecule has 5 aromatic heterocycles. The number of aromatic nitrogens is 1. The predicted octanol–water partition coefficient (Wildman–Crippen LogP) is 17.3.